The molecular weight excluding hydrogens is 305 g/mol. The largest absolute Gasteiger partial charge is 0.483 e. The van der Waals surface area contributed by atoms with Gasteiger partial charge in [-0.25, -0.2) is 4.39 Å². The summed E-state index contributed by atoms with van der Waals surface area (Å²) in [5.41, 5.74) is 1.85. The Morgan fingerprint density at radius 2 is 1.75 bits per heavy atom. The molecule has 1 atom stereocenters. The first-order valence-corrected chi connectivity index (χ1v) is 8.04. The van der Waals surface area contributed by atoms with Crippen LogP contribution in [0.5, 0.6) is 5.75 Å². The Bertz CT molecular complexity index is 690. The topological polar surface area (TPSA) is 38.3 Å². The summed E-state index contributed by atoms with van der Waals surface area (Å²) in [6, 6.07) is 13.6. The van der Waals surface area contributed by atoms with Crippen molar-refractivity contribution >= 4 is 5.91 Å². The number of carbonyl (C=O) groups is 1. The lowest BCUT2D eigenvalue weighted by molar-refractivity contribution is -0.123. The highest BCUT2D eigenvalue weighted by Gasteiger charge is 2.19. The van der Waals surface area contributed by atoms with Crippen LogP contribution in [-0.4, -0.2) is 12.5 Å². The average molecular weight is 329 g/mol. The molecule has 1 amide bonds. The molecule has 0 aromatic heterocycles. The van der Waals surface area contributed by atoms with E-state index >= 15 is 0 Å². The van der Waals surface area contributed by atoms with Gasteiger partial charge >= 0.3 is 0 Å². The molecule has 0 saturated carbocycles. The van der Waals surface area contributed by atoms with E-state index in [1.807, 2.05) is 31.2 Å². The summed E-state index contributed by atoms with van der Waals surface area (Å²) >= 11 is 0. The van der Waals surface area contributed by atoms with Gasteiger partial charge in [0, 0.05) is 0 Å². The van der Waals surface area contributed by atoms with E-state index in [-0.39, 0.29) is 29.8 Å². The maximum atomic E-state index is 12.9. The number of benzene rings is 2. The summed E-state index contributed by atoms with van der Waals surface area (Å²) in [7, 11) is 0. The van der Waals surface area contributed by atoms with Gasteiger partial charge in [-0.15, -0.1) is 0 Å². The van der Waals surface area contributed by atoms with Gasteiger partial charge in [0.2, 0.25) is 0 Å². The fourth-order valence-electron chi connectivity index (χ4n) is 2.47. The number of para-hydroxylation sites is 1. The number of halogens is 1. The molecule has 2 aromatic rings. The summed E-state index contributed by atoms with van der Waals surface area (Å²) in [5, 5.41) is 2.86. The van der Waals surface area contributed by atoms with Crippen molar-refractivity contribution in [2.45, 2.75) is 39.2 Å². The molecule has 0 fully saturated rings. The standard InChI is InChI=1S/C20H24FNO2/c1-14(15-9-11-16(21)12-10-15)22-19(23)13-24-18-8-6-5-7-17(18)20(2,3)4/h5-12,14H,13H2,1-4H3,(H,22,23). The van der Waals surface area contributed by atoms with E-state index in [1.54, 1.807) is 12.1 Å². The Morgan fingerprint density at radius 3 is 2.38 bits per heavy atom. The molecule has 2 aromatic carbocycles. The molecule has 3 nitrogen and oxygen atoms in total. The molecule has 0 saturated heterocycles. The predicted octanol–water partition coefficient (Wildman–Crippen LogP) is 4.38. The number of nitrogens with one attached hydrogen (secondary N) is 1. The monoisotopic (exact) mass is 329 g/mol. The van der Waals surface area contributed by atoms with Gasteiger partial charge in [-0.3, -0.25) is 4.79 Å². The Morgan fingerprint density at radius 1 is 1.12 bits per heavy atom. The smallest absolute Gasteiger partial charge is 0.258 e. The summed E-state index contributed by atoms with van der Waals surface area (Å²) in [5.74, 6) is 0.213. The van der Waals surface area contributed by atoms with Crippen LogP contribution in [0, 0.1) is 5.82 Å². The Labute approximate surface area is 142 Å². The number of rotatable bonds is 5. The van der Waals surface area contributed by atoms with Crippen LogP contribution in [0.15, 0.2) is 48.5 Å². The van der Waals surface area contributed by atoms with Crippen LogP contribution >= 0.6 is 0 Å². The molecule has 0 aliphatic carbocycles. The molecule has 128 valence electrons. The number of amides is 1. The van der Waals surface area contributed by atoms with Gasteiger partial charge in [-0.1, -0.05) is 51.1 Å². The summed E-state index contributed by atoms with van der Waals surface area (Å²) in [6.07, 6.45) is 0. The van der Waals surface area contributed by atoms with E-state index in [1.165, 1.54) is 12.1 Å². The van der Waals surface area contributed by atoms with E-state index in [0.717, 1.165) is 16.9 Å². The van der Waals surface area contributed by atoms with Crippen molar-refractivity contribution < 1.29 is 13.9 Å². The number of hydrogen-bond donors (Lipinski definition) is 1. The second-order valence-electron chi connectivity index (χ2n) is 6.88. The highest BCUT2D eigenvalue weighted by molar-refractivity contribution is 5.78. The van der Waals surface area contributed by atoms with Gasteiger partial charge in [0.1, 0.15) is 11.6 Å². The third-order valence-electron chi connectivity index (χ3n) is 3.80. The normalized spacial score (nSPS) is 12.5. The van der Waals surface area contributed by atoms with Crippen molar-refractivity contribution in [3.05, 3.63) is 65.5 Å². The van der Waals surface area contributed by atoms with E-state index in [4.69, 9.17) is 4.74 Å². The molecule has 0 spiro atoms. The maximum Gasteiger partial charge on any atom is 0.258 e. The minimum atomic E-state index is -0.292. The van der Waals surface area contributed by atoms with Crippen molar-refractivity contribution in [2.24, 2.45) is 0 Å². The van der Waals surface area contributed by atoms with Crippen LogP contribution in [0.4, 0.5) is 4.39 Å². The summed E-state index contributed by atoms with van der Waals surface area (Å²) < 4.78 is 18.7. The second kappa shape index (κ2) is 7.47. The molecule has 0 heterocycles. The molecule has 0 aliphatic heterocycles. The molecule has 4 heteroatoms. The van der Waals surface area contributed by atoms with Crippen molar-refractivity contribution in [3.8, 4) is 5.75 Å². The molecule has 2 rings (SSSR count). The highest BCUT2D eigenvalue weighted by Crippen LogP contribution is 2.30. The lowest BCUT2D eigenvalue weighted by Crippen LogP contribution is -2.31. The van der Waals surface area contributed by atoms with E-state index in [0.29, 0.717) is 0 Å². The van der Waals surface area contributed by atoms with Crippen LogP contribution in [0.2, 0.25) is 0 Å². The SMILES string of the molecule is CC(NC(=O)COc1ccccc1C(C)(C)C)c1ccc(F)cc1. The van der Waals surface area contributed by atoms with Crippen molar-refractivity contribution in [2.75, 3.05) is 6.61 Å². The maximum absolute atomic E-state index is 12.9. The molecule has 0 bridgehead atoms. The third kappa shape index (κ3) is 4.82. The molecule has 1 N–H and O–H groups in total. The van der Waals surface area contributed by atoms with E-state index in [9.17, 15) is 9.18 Å². The van der Waals surface area contributed by atoms with Gasteiger partial charge in [0.15, 0.2) is 6.61 Å². The molecule has 0 radical (unpaired) electrons. The van der Waals surface area contributed by atoms with Crippen molar-refractivity contribution in [3.63, 3.8) is 0 Å². The Kier molecular flexibility index (Phi) is 5.60. The zero-order valence-corrected chi connectivity index (χ0v) is 14.6. The Hall–Kier alpha value is -2.36. The van der Waals surface area contributed by atoms with Crippen molar-refractivity contribution in [1.29, 1.82) is 0 Å². The fourth-order valence-corrected chi connectivity index (χ4v) is 2.47. The van der Waals surface area contributed by atoms with Gasteiger partial charge < -0.3 is 10.1 Å². The minimum Gasteiger partial charge on any atom is -0.483 e. The van der Waals surface area contributed by atoms with Gasteiger partial charge in [0.25, 0.3) is 5.91 Å². The molecule has 0 aliphatic rings. The number of ether oxygens (including phenoxy) is 1. The zero-order valence-electron chi connectivity index (χ0n) is 14.6. The quantitative estimate of drug-likeness (QED) is 0.884. The summed E-state index contributed by atoms with van der Waals surface area (Å²) in [6.45, 7) is 8.11. The predicted molar refractivity (Wildman–Crippen MR) is 93.6 cm³/mol. The van der Waals surface area contributed by atoms with Crippen LogP contribution in [-0.2, 0) is 10.2 Å². The second-order valence-corrected chi connectivity index (χ2v) is 6.88. The average Bonchev–Trinajstić information content (AvgIpc) is 2.53. The van der Waals surface area contributed by atoms with Crippen LogP contribution in [0.25, 0.3) is 0 Å². The first-order chi connectivity index (χ1) is 11.3. The van der Waals surface area contributed by atoms with E-state index < -0.39 is 0 Å². The van der Waals surface area contributed by atoms with E-state index in [2.05, 4.69) is 26.1 Å². The minimum absolute atomic E-state index is 0.0569. The first-order valence-electron chi connectivity index (χ1n) is 8.04. The molecule has 1 unspecified atom stereocenters. The van der Waals surface area contributed by atoms with Crippen LogP contribution in [0.1, 0.15) is 44.9 Å². The Balaban J connectivity index is 1.95. The number of carbonyl (C=O) groups excluding carboxylic acids is 1. The van der Waals surface area contributed by atoms with Crippen LogP contribution < -0.4 is 10.1 Å². The fraction of sp³-hybridized carbons (Fsp3) is 0.350. The third-order valence-corrected chi connectivity index (χ3v) is 3.80. The zero-order chi connectivity index (χ0) is 17.7. The van der Waals surface area contributed by atoms with Gasteiger partial charge in [0.05, 0.1) is 6.04 Å². The summed E-state index contributed by atoms with van der Waals surface area (Å²) in [4.78, 5) is 12.1. The van der Waals surface area contributed by atoms with Gasteiger partial charge in [-0.05, 0) is 41.7 Å². The first kappa shape index (κ1) is 18.0. The molecule has 24 heavy (non-hydrogen) atoms. The van der Waals surface area contributed by atoms with Crippen molar-refractivity contribution in [1.82, 2.24) is 5.32 Å². The van der Waals surface area contributed by atoms with Gasteiger partial charge in [-0.2, -0.15) is 0 Å². The lowest BCUT2D eigenvalue weighted by Gasteiger charge is -2.22. The highest BCUT2D eigenvalue weighted by atomic mass is 19.1. The lowest BCUT2D eigenvalue weighted by atomic mass is 9.86. The van der Waals surface area contributed by atoms with Crippen LogP contribution in [0.3, 0.4) is 0 Å². The number of hydrogen-bond acceptors (Lipinski definition) is 2. The molecular formula is C20H24FNO2.